The van der Waals surface area contributed by atoms with E-state index in [4.69, 9.17) is 4.74 Å². The molecular weight excluding hydrogens is 336 g/mol. The lowest BCUT2D eigenvalue weighted by molar-refractivity contribution is 0.0339. The number of aryl methyl sites for hydroxylation is 1. The number of thiophene rings is 1. The maximum Gasteiger partial charge on any atom is 0.212 e. The lowest BCUT2D eigenvalue weighted by Gasteiger charge is -2.38. The van der Waals surface area contributed by atoms with Gasteiger partial charge in [-0.05, 0) is 42.7 Å². The summed E-state index contributed by atoms with van der Waals surface area (Å²) in [5, 5.41) is 16.4. The molecule has 3 aromatic heterocycles. The van der Waals surface area contributed by atoms with Crippen LogP contribution >= 0.6 is 11.3 Å². The number of hydrogen-bond acceptors (Lipinski definition) is 7. The van der Waals surface area contributed by atoms with Crippen LogP contribution in [-0.4, -0.2) is 33.3 Å². The van der Waals surface area contributed by atoms with Crippen molar-refractivity contribution < 1.29 is 9.84 Å². The number of aliphatic hydroxyl groups excluding tert-OH is 1. The Balaban J connectivity index is 1.69. The van der Waals surface area contributed by atoms with E-state index < -0.39 is 0 Å². The van der Waals surface area contributed by atoms with Crippen molar-refractivity contribution in [2.24, 2.45) is 5.92 Å². The Morgan fingerprint density at radius 3 is 2.80 bits per heavy atom. The normalized spacial score (nSPS) is 20.9. The lowest BCUT2D eigenvalue weighted by atomic mass is 9.75. The number of methoxy groups -OCH3 is 1. The first-order chi connectivity index (χ1) is 12.1. The van der Waals surface area contributed by atoms with Gasteiger partial charge in [-0.3, -0.25) is 0 Å². The highest BCUT2D eigenvalue weighted by Crippen LogP contribution is 2.41. The summed E-state index contributed by atoms with van der Waals surface area (Å²) in [6.07, 6.45) is 3.18. The molecule has 4 rings (SSSR count). The van der Waals surface area contributed by atoms with Crippen molar-refractivity contribution in [2.75, 3.05) is 12.4 Å². The summed E-state index contributed by atoms with van der Waals surface area (Å²) in [5.41, 5.74) is 1.07. The van der Waals surface area contributed by atoms with Gasteiger partial charge in [0.25, 0.3) is 0 Å². The van der Waals surface area contributed by atoms with Crippen LogP contribution in [0.25, 0.3) is 10.2 Å². The van der Waals surface area contributed by atoms with Crippen LogP contribution in [-0.2, 0) is 0 Å². The second-order valence-electron chi connectivity index (χ2n) is 6.40. The summed E-state index contributed by atoms with van der Waals surface area (Å²) in [6, 6.07) is 5.97. The van der Waals surface area contributed by atoms with Gasteiger partial charge in [-0.1, -0.05) is 6.07 Å². The molecule has 1 saturated carbocycles. The number of ether oxygens (including phenoxy) is 1. The maximum atomic E-state index is 9.76. The van der Waals surface area contributed by atoms with Gasteiger partial charge in [-0.2, -0.15) is 0 Å². The fourth-order valence-electron chi connectivity index (χ4n) is 3.29. The van der Waals surface area contributed by atoms with E-state index in [9.17, 15) is 5.11 Å². The first kappa shape index (κ1) is 16.2. The maximum absolute atomic E-state index is 9.76. The van der Waals surface area contributed by atoms with Gasteiger partial charge in [-0.15, -0.1) is 11.3 Å². The van der Waals surface area contributed by atoms with E-state index in [1.165, 1.54) is 0 Å². The van der Waals surface area contributed by atoms with Crippen molar-refractivity contribution >= 4 is 27.4 Å². The van der Waals surface area contributed by atoms with Crippen molar-refractivity contribution in [1.82, 2.24) is 15.0 Å². The molecule has 0 radical (unpaired) electrons. The fourth-order valence-corrected chi connectivity index (χ4v) is 4.10. The zero-order chi connectivity index (χ0) is 17.4. The van der Waals surface area contributed by atoms with Crippen LogP contribution in [0.15, 0.2) is 29.8 Å². The number of fused-ring (bicyclic) bond motifs is 1. The highest BCUT2D eigenvalue weighted by Gasteiger charge is 2.35. The average molecular weight is 356 g/mol. The third-order valence-corrected chi connectivity index (χ3v) is 5.48. The average Bonchev–Trinajstić information content (AvgIpc) is 3.05. The Kier molecular flexibility index (Phi) is 4.27. The van der Waals surface area contributed by atoms with Gasteiger partial charge in [0.1, 0.15) is 16.5 Å². The summed E-state index contributed by atoms with van der Waals surface area (Å²) < 4.78 is 5.16. The zero-order valence-corrected chi connectivity index (χ0v) is 15.0. The van der Waals surface area contributed by atoms with Crippen molar-refractivity contribution in [1.29, 1.82) is 0 Å². The number of aromatic nitrogens is 3. The van der Waals surface area contributed by atoms with Gasteiger partial charge >= 0.3 is 0 Å². The molecule has 1 atom stereocenters. The molecule has 130 valence electrons. The van der Waals surface area contributed by atoms with Gasteiger partial charge in [0.05, 0.1) is 24.6 Å². The lowest BCUT2D eigenvalue weighted by Crippen LogP contribution is -2.36. The molecule has 0 amide bonds. The van der Waals surface area contributed by atoms with Crippen molar-refractivity contribution in [3.63, 3.8) is 0 Å². The SMILES string of the molecule is COc1ccc([C@@H](Nc2nc(C)nc3sccc23)C2CC(O)C2)cn1. The van der Waals surface area contributed by atoms with Gasteiger partial charge < -0.3 is 15.2 Å². The summed E-state index contributed by atoms with van der Waals surface area (Å²) in [6.45, 7) is 1.90. The highest BCUT2D eigenvalue weighted by molar-refractivity contribution is 7.16. The first-order valence-corrected chi connectivity index (χ1v) is 9.18. The topological polar surface area (TPSA) is 80.2 Å². The molecule has 0 bridgehead atoms. The van der Waals surface area contributed by atoms with Crippen molar-refractivity contribution in [2.45, 2.75) is 31.9 Å². The van der Waals surface area contributed by atoms with E-state index in [-0.39, 0.29) is 12.1 Å². The van der Waals surface area contributed by atoms with E-state index >= 15 is 0 Å². The van der Waals surface area contributed by atoms with E-state index in [1.54, 1.807) is 18.4 Å². The van der Waals surface area contributed by atoms with Crippen LogP contribution in [0.1, 0.15) is 30.3 Å². The van der Waals surface area contributed by atoms with E-state index in [0.29, 0.717) is 11.8 Å². The standard InChI is InChI=1S/C18H20N4O2S/c1-10-20-17(14-5-6-25-18(14)21-10)22-16(12-7-13(23)8-12)11-3-4-15(24-2)19-9-11/h3-6,9,12-13,16,23H,7-8H2,1-2H3,(H,20,21,22)/t12?,13?,16-/m1/s1. The van der Waals surface area contributed by atoms with Crippen LogP contribution in [0, 0.1) is 12.8 Å². The van der Waals surface area contributed by atoms with Gasteiger partial charge in [-0.25, -0.2) is 15.0 Å². The van der Waals surface area contributed by atoms with Crippen molar-refractivity contribution in [3.05, 3.63) is 41.2 Å². The molecular formula is C18H20N4O2S. The summed E-state index contributed by atoms with van der Waals surface area (Å²) in [5.74, 6) is 2.52. The molecule has 0 aliphatic heterocycles. The van der Waals surface area contributed by atoms with Crippen LogP contribution in [0.3, 0.4) is 0 Å². The third-order valence-electron chi connectivity index (χ3n) is 4.68. The van der Waals surface area contributed by atoms with Crippen LogP contribution < -0.4 is 10.1 Å². The number of anilines is 1. The number of nitrogens with zero attached hydrogens (tertiary/aromatic N) is 3. The summed E-state index contributed by atoms with van der Waals surface area (Å²) in [7, 11) is 1.61. The molecule has 7 heteroatoms. The monoisotopic (exact) mass is 356 g/mol. The highest BCUT2D eigenvalue weighted by atomic mass is 32.1. The minimum atomic E-state index is -0.214. The van der Waals surface area contributed by atoms with Gasteiger partial charge in [0, 0.05) is 12.3 Å². The van der Waals surface area contributed by atoms with Crippen molar-refractivity contribution in [3.8, 4) is 5.88 Å². The van der Waals surface area contributed by atoms with E-state index in [2.05, 4.69) is 20.3 Å². The predicted molar refractivity (Wildman–Crippen MR) is 98.0 cm³/mol. The minimum Gasteiger partial charge on any atom is -0.481 e. The predicted octanol–water partition coefficient (Wildman–Crippen LogP) is 3.33. The molecule has 25 heavy (non-hydrogen) atoms. The molecule has 0 aromatic carbocycles. The fraction of sp³-hybridized carbons (Fsp3) is 0.389. The number of pyridine rings is 1. The van der Waals surface area contributed by atoms with Crippen LogP contribution in [0.4, 0.5) is 5.82 Å². The molecule has 0 unspecified atom stereocenters. The summed E-state index contributed by atoms with van der Waals surface area (Å²) >= 11 is 1.61. The second-order valence-corrected chi connectivity index (χ2v) is 7.29. The van der Waals surface area contributed by atoms with E-state index in [1.807, 2.05) is 36.7 Å². The first-order valence-electron chi connectivity index (χ1n) is 8.30. The Labute approximate surface area is 149 Å². The van der Waals surface area contributed by atoms with Crippen LogP contribution in [0.2, 0.25) is 0 Å². The van der Waals surface area contributed by atoms with Gasteiger partial charge in [0.15, 0.2) is 0 Å². The molecule has 0 spiro atoms. The Hall–Kier alpha value is -2.25. The molecule has 3 heterocycles. The molecule has 3 aromatic rings. The molecule has 2 N–H and O–H groups in total. The molecule has 6 nitrogen and oxygen atoms in total. The Bertz CT molecular complexity index is 874. The quantitative estimate of drug-likeness (QED) is 0.730. The second kappa shape index (κ2) is 6.57. The summed E-state index contributed by atoms with van der Waals surface area (Å²) in [4.78, 5) is 14.4. The number of rotatable bonds is 5. The third kappa shape index (κ3) is 3.17. The Morgan fingerprint density at radius 2 is 2.12 bits per heavy atom. The zero-order valence-electron chi connectivity index (χ0n) is 14.1. The smallest absolute Gasteiger partial charge is 0.212 e. The number of nitrogens with one attached hydrogen (secondary N) is 1. The molecule has 1 aliphatic carbocycles. The largest absolute Gasteiger partial charge is 0.481 e. The Morgan fingerprint density at radius 1 is 1.28 bits per heavy atom. The van der Waals surface area contributed by atoms with E-state index in [0.717, 1.165) is 40.3 Å². The van der Waals surface area contributed by atoms with Gasteiger partial charge in [0.2, 0.25) is 5.88 Å². The molecule has 1 fully saturated rings. The minimum absolute atomic E-state index is 0.0409. The number of aliphatic hydroxyl groups is 1. The molecule has 1 aliphatic rings. The number of hydrogen-bond donors (Lipinski definition) is 2. The van der Waals surface area contributed by atoms with Crippen LogP contribution in [0.5, 0.6) is 5.88 Å². The molecule has 0 saturated heterocycles.